The van der Waals surface area contributed by atoms with Crippen LogP contribution < -0.4 is 16.4 Å². The number of H-pyrrole nitrogens is 1. The van der Waals surface area contributed by atoms with Crippen LogP contribution in [0.15, 0.2) is 39.9 Å². The Labute approximate surface area is 149 Å². The second-order valence-electron chi connectivity index (χ2n) is 5.98. The SMILES string of the molecule is COCCn1[nH]c2cc(=O)n(-c3cccc(NC(C)=O)c3)c(C)c2c1=O. The quantitative estimate of drug-likeness (QED) is 0.722. The second kappa shape index (κ2) is 7.01. The van der Waals surface area contributed by atoms with Gasteiger partial charge in [-0.1, -0.05) is 6.07 Å². The molecule has 2 heterocycles. The summed E-state index contributed by atoms with van der Waals surface area (Å²) in [5.74, 6) is -0.201. The first kappa shape index (κ1) is 17.7. The monoisotopic (exact) mass is 356 g/mol. The number of benzene rings is 1. The molecule has 0 unspecified atom stereocenters. The molecule has 0 spiro atoms. The first-order valence-electron chi connectivity index (χ1n) is 8.14. The van der Waals surface area contributed by atoms with Crippen molar-refractivity contribution in [3.05, 3.63) is 56.7 Å². The van der Waals surface area contributed by atoms with Crippen LogP contribution in [0.3, 0.4) is 0 Å². The van der Waals surface area contributed by atoms with E-state index in [1.165, 1.54) is 22.2 Å². The van der Waals surface area contributed by atoms with Crippen molar-refractivity contribution in [3.63, 3.8) is 0 Å². The Bertz CT molecular complexity index is 1090. The van der Waals surface area contributed by atoms with Crippen LogP contribution in [0.5, 0.6) is 0 Å². The van der Waals surface area contributed by atoms with Crippen molar-refractivity contribution < 1.29 is 9.53 Å². The van der Waals surface area contributed by atoms with Crippen LogP contribution in [0.4, 0.5) is 5.69 Å². The largest absolute Gasteiger partial charge is 0.383 e. The van der Waals surface area contributed by atoms with Gasteiger partial charge in [-0.25, -0.2) is 4.68 Å². The number of nitrogens with zero attached hydrogens (tertiary/aromatic N) is 2. The molecule has 8 heteroatoms. The highest BCUT2D eigenvalue weighted by Crippen LogP contribution is 2.18. The Morgan fingerprint density at radius 1 is 1.27 bits per heavy atom. The van der Waals surface area contributed by atoms with Gasteiger partial charge in [-0.05, 0) is 25.1 Å². The van der Waals surface area contributed by atoms with Gasteiger partial charge in [0.2, 0.25) is 5.91 Å². The highest BCUT2D eigenvalue weighted by atomic mass is 16.5. The molecule has 0 aliphatic rings. The zero-order chi connectivity index (χ0) is 18.8. The van der Waals surface area contributed by atoms with Gasteiger partial charge < -0.3 is 10.1 Å². The molecule has 3 rings (SSSR count). The number of ether oxygens (including phenoxy) is 1. The zero-order valence-electron chi connectivity index (χ0n) is 14.8. The summed E-state index contributed by atoms with van der Waals surface area (Å²) in [5.41, 5.74) is 1.70. The fourth-order valence-corrected chi connectivity index (χ4v) is 3.01. The number of aromatic amines is 1. The molecule has 1 aromatic carbocycles. The van der Waals surface area contributed by atoms with Crippen molar-refractivity contribution in [2.45, 2.75) is 20.4 Å². The Morgan fingerprint density at radius 2 is 2.04 bits per heavy atom. The molecular formula is C18H20N4O4. The van der Waals surface area contributed by atoms with Gasteiger partial charge in [0.25, 0.3) is 11.1 Å². The van der Waals surface area contributed by atoms with E-state index in [1.807, 2.05) is 0 Å². The fourth-order valence-electron chi connectivity index (χ4n) is 3.01. The van der Waals surface area contributed by atoms with Gasteiger partial charge in [-0.2, -0.15) is 0 Å². The number of hydrogen-bond donors (Lipinski definition) is 2. The van der Waals surface area contributed by atoms with Crippen LogP contribution in [-0.2, 0) is 16.1 Å². The molecular weight excluding hydrogens is 336 g/mol. The van der Waals surface area contributed by atoms with Gasteiger partial charge in [0.05, 0.1) is 29.7 Å². The van der Waals surface area contributed by atoms with Gasteiger partial charge >= 0.3 is 0 Å². The maximum absolute atomic E-state index is 12.7. The molecule has 0 saturated heterocycles. The number of rotatable bonds is 5. The number of pyridine rings is 1. The maximum Gasteiger partial charge on any atom is 0.276 e. The molecule has 0 aliphatic heterocycles. The molecule has 2 N–H and O–H groups in total. The Kier molecular flexibility index (Phi) is 4.77. The van der Waals surface area contributed by atoms with E-state index in [4.69, 9.17) is 4.74 Å². The zero-order valence-corrected chi connectivity index (χ0v) is 14.8. The highest BCUT2D eigenvalue weighted by Gasteiger charge is 2.15. The van der Waals surface area contributed by atoms with Gasteiger partial charge in [0, 0.05) is 31.5 Å². The lowest BCUT2D eigenvalue weighted by Gasteiger charge is -2.12. The lowest BCUT2D eigenvalue weighted by Crippen LogP contribution is -2.23. The van der Waals surface area contributed by atoms with Crippen LogP contribution >= 0.6 is 0 Å². The number of amides is 1. The van der Waals surface area contributed by atoms with E-state index < -0.39 is 0 Å². The minimum absolute atomic E-state index is 0.201. The second-order valence-corrected chi connectivity index (χ2v) is 5.98. The summed E-state index contributed by atoms with van der Waals surface area (Å²) in [6, 6.07) is 8.32. The molecule has 0 atom stereocenters. The van der Waals surface area contributed by atoms with Gasteiger partial charge in [0.15, 0.2) is 0 Å². The predicted octanol–water partition coefficient (Wildman–Crippen LogP) is 1.39. The molecule has 0 aliphatic carbocycles. The Morgan fingerprint density at radius 3 is 2.73 bits per heavy atom. The third-order valence-electron chi connectivity index (χ3n) is 4.11. The number of carbonyl (C=O) groups excluding carboxylic acids is 1. The number of nitrogens with one attached hydrogen (secondary N) is 2. The topological polar surface area (TPSA) is 98.1 Å². The van der Waals surface area contributed by atoms with E-state index in [0.717, 1.165) is 0 Å². The third-order valence-corrected chi connectivity index (χ3v) is 4.11. The maximum atomic E-state index is 12.7. The number of carbonyl (C=O) groups is 1. The number of aromatic nitrogens is 3. The summed E-state index contributed by atoms with van der Waals surface area (Å²) < 4.78 is 7.90. The minimum Gasteiger partial charge on any atom is -0.383 e. The van der Waals surface area contributed by atoms with Crippen molar-refractivity contribution in [1.82, 2.24) is 14.3 Å². The summed E-state index contributed by atoms with van der Waals surface area (Å²) in [6.45, 7) is 3.90. The third kappa shape index (κ3) is 3.18. The van der Waals surface area contributed by atoms with E-state index in [-0.39, 0.29) is 17.0 Å². The summed E-state index contributed by atoms with van der Waals surface area (Å²) in [7, 11) is 1.56. The van der Waals surface area contributed by atoms with Crippen molar-refractivity contribution in [1.29, 1.82) is 0 Å². The number of fused-ring (bicyclic) bond motifs is 1. The average Bonchev–Trinajstić information content (AvgIpc) is 2.88. The molecule has 3 aromatic rings. The summed E-state index contributed by atoms with van der Waals surface area (Å²) in [5, 5.41) is 6.09. The Hall–Kier alpha value is -3.13. The standard InChI is InChI=1S/C18H20N4O4/c1-11-17-15(20-21(18(17)25)7-8-26-3)10-16(24)22(11)14-6-4-5-13(9-14)19-12(2)23/h4-6,9-10,20H,7-8H2,1-3H3,(H,19,23). The summed E-state index contributed by atoms with van der Waals surface area (Å²) in [4.78, 5) is 36.6. The molecule has 136 valence electrons. The lowest BCUT2D eigenvalue weighted by atomic mass is 10.2. The van der Waals surface area contributed by atoms with Crippen molar-refractivity contribution in [2.75, 3.05) is 19.0 Å². The summed E-state index contributed by atoms with van der Waals surface area (Å²) in [6.07, 6.45) is 0. The number of anilines is 1. The fraction of sp³-hybridized carbons (Fsp3) is 0.278. The Balaban J connectivity index is 2.18. The van der Waals surface area contributed by atoms with Gasteiger partial charge in [0.1, 0.15) is 0 Å². The van der Waals surface area contributed by atoms with Crippen LogP contribution in [0.2, 0.25) is 0 Å². The molecule has 0 fully saturated rings. The number of aryl methyl sites for hydroxylation is 1. The van der Waals surface area contributed by atoms with Gasteiger partial charge in [-0.15, -0.1) is 0 Å². The normalized spacial score (nSPS) is 11.0. The highest BCUT2D eigenvalue weighted by molar-refractivity contribution is 5.89. The van der Waals surface area contributed by atoms with Crippen LogP contribution in [0.25, 0.3) is 16.6 Å². The minimum atomic E-state index is -0.268. The van der Waals surface area contributed by atoms with E-state index >= 15 is 0 Å². The summed E-state index contributed by atoms with van der Waals surface area (Å²) >= 11 is 0. The lowest BCUT2D eigenvalue weighted by molar-refractivity contribution is -0.114. The van der Waals surface area contributed by atoms with Crippen LogP contribution in [0, 0.1) is 6.92 Å². The smallest absolute Gasteiger partial charge is 0.276 e. The molecule has 0 saturated carbocycles. The average molecular weight is 356 g/mol. The molecule has 26 heavy (non-hydrogen) atoms. The van der Waals surface area contributed by atoms with Crippen LogP contribution in [0.1, 0.15) is 12.6 Å². The van der Waals surface area contributed by atoms with Crippen molar-refractivity contribution in [2.24, 2.45) is 0 Å². The first-order chi connectivity index (χ1) is 12.4. The van der Waals surface area contributed by atoms with Crippen molar-refractivity contribution in [3.8, 4) is 5.69 Å². The van der Waals surface area contributed by atoms with E-state index in [1.54, 1.807) is 38.3 Å². The van der Waals surface area contributed by atoms with Crippen molar-refractivity contribution >= 4 is 22.5 Å². The number of hydrogen-bond acceptors (Lipinski definition) is 4. The van der Waals surface area contributed by atoms with Crippen LogP contribution in [-0.4, -0.2) is 34.0 Å². The van der Waals surface area contributed by atoms with E-state index in [2.05, 4.69) is 10.4 Å². The molecule has 2 aromatic heterocycles. The van der Waals surface area contributed by atoms with Gasteiger partial charge in [-0.3, -0.25) is 24.0 Å². The predicted molar refractivity (Wildman–Crippen MR) is 99.1 cm³/mol. The molecule has 0 radical (unpaired) electrons. The molecule has 8 nitrogen and oxygen atoms in total. The first-order valence-corrected chi connectivity index (χ1v) is 8.14. The van der Waals surface area contributed by atoms with E-state index in [9.17, 15) is 14.4 Å². The van der Waals surface area contributed by atoms with E-state index in [0.29, 0.717) is 41.1 Å². The molecule has 1 amide bonds. The number of methoxy groups -OCH3 is 1. The molecule has 0 bridgehead atoms.